The molecule has 0 aliphatic carbocycles. The van der Waals surface area contributed by atoms with Gasteiger partial charge in [-0.3, -0.25) is 0 Å². The van der Waals surface area contributed by atoms with Crippen LogP contribution in [0.1, 0.15) is 58.6 Å². The van der Waals surface area contributed by atoms with Crippen LogP contribution in [0.25, 0.3) is 0 Å². The van der Waals surface area contributed by atoms with Gasteiger partial charge in [0.15, 0.2) is 0 Å². The number of hydrogen-bond acceptors (Lipinski definition) is 5. The molecule has 4 nitrogen and oxygen atoms in total. The van der Waals surface area contributed by atoms with Crippen molar-refractivity contribution in [3.8, 4) is 5.75 Å². The van der Waals surface area contributed by atoms with Gasteiger partial charge >= 0.3 is 0 Å². The number of anilines is 1. The maximum absolute atomic E-state index is 14.4. The molecule has 32 heavy (non-hydrogen) atoms. The van der Waals surface area contributed by atoms with Crippen LogP contribution in [-0.2, 0) is 4.74 Å². The van der Waals surface area contributed by atoms with Crippen molar-refractivity contribution in [2.24, 2.45) is 11.8 Å². The summed E-state index contributed by atoms with van der Waals surface area (Å²) in [6.07, 6.45) is 2.05. The Morgan fingerprint density at radius 1 is 1.12 bits per heavy atom. The molecule has 0 radical (unpaired) electrons. The van der Waals surface area contributed by atoms with Crippen molar-refractivity contribution in [2.45, 2.75) is 64.1 Å². The predicted molar refractivity (Wildman–Crippen MR) is 130 cm³/mol. The van der Waals surface area contributed by atoms with Gasteiger partial charge in [0.05, 0.1) is 11.8 Å². The fourth-order valence-electron chi connectivity index (χ4n) is 4.18. The zero-order valence-electron chi connectivity index (χ0n) is 19.6. The van der Waals surface area contributed by atoms with Crippen molar-refractivity contribution >= 4 is 17.6 Å². The first-order chi connectivity index (χ1) is 15.5. The topological polar surface area (TPSA) is 41.9 Å². The molecule has 1 fully saturated rings. The van der Waals surface area contributed by atoms with Gasteiger partial charge in [0.1, 0.15) is 17.7 Å². The lowest BCUT2D eigenvalue weighted by Crippen LogP contribution is -2.36. The largest absolute Gasteiger partial charge is 0.490 e. The second-order valence-electron chi connectivity index (χ2n) is 8.55. The molecular weight excluding hydrogens is 425 g/mol. The lowest BCUT2D eigenvalue weighted by Gasteiger charge is -2.36. The number of ether oxygens (including phenoxy) is 2. The number of aliphatic hydroxyl groups is 1. The van der Waals surface area contributed by atoms with Gasteiger partial charge in [-0.25, -0.2) is 4.39 Å². The van der Waals surface area contributed by atoms with E-state index in [1.54, 1.807) is 12.1 Å². The van der Waals surface area contributed by atoms with Crippen LogP contribution in [0, 0.1) is 17.7 Å². The summed E-state index contributed by atoms with van der Waals surface area (Å²) in [5, 5.41) is 10.8. The van der Waals surface area contributed by atoms with Gasteiger partial charge < -0.3 is 18.9 Å². The van der Waals surface area contributed by atoms with Crippen LogP contribution in [-0.4, -0.2) is 31.0 Å². The highest BCUT2D eigenvalue weighted by Gasteiger charge is 2.33. The van der Waals surface area contributed by atoms with E-state index >= 15 is 0 Å². The van der Waals surface area contributed by atoms with Crippen molar-refractivity contribution in [3.05, 3.63) is 53.8 Å². The molecule has 0 spiro atoms. The van der Waals surface area contributed by atoms with E-state index in [9.17, 15) is 9.50 Å². The molecule has 0 bridgehead atoms. The molecule has 1 saturated heterocycles. The van der Waals surface area contributed by atoms with Gasteiger partial charge in [-0.2, -0.15) is 0 Å². The van der Waals surface area contributed by atoms with Crippen molar-refractivity contribution in [1.29, 1.82) is 0 Å². The Labute approximate surface area is 196 Å². The Morgan fingerprint density at radius 2 is 1.84 bits per heavy atom. The molecule has 6 heteroatoms. The average Bonchev–Trinajstić information content (AvgIpc) is 2.81. The maximum Gasteiger partial charge on any atom is 0.147 e. The normalized spacial score (nSPS) is 20.7. The third-order valence-corrected chi connectivity index (χ3v) is 6.76. The third-order valence-electron chi connectivity index (χ3n) is 5.73. The molecule has 2 aliphatic rings. The average molecular weight is 462 g/mol. The van der Waals surface area contributed by atoms with Crippen molar-refractivity contribution in [1.82, 2.24) is 0 Å². The highest BCUT2D eigenvalue weighted by molar-refractivity contribution is 8.00. The van der Waals surface area contributed by atoms with Crippen LogP contribution >= 0.6 is 11.9 Å². The fraction of sp³-hybridized carbons (Fsp3) is 0.538. The zero-order chi connectivity index (χ0) is 23.1. The summed E-state index contributed by atoms with van der Waals surface area (Å²) in [6, 6.07) is 12.8. The highest BCUT2D eigenvalue weighted by Crippen LogP contribution is 2.41. The molecule has 0 aromatic heterocycles. The van der Waals surface area contributed by atoms with E-state index in [0.717, 1.165) is 42.3 Å². The Bertz CT molecular complexity index is 857. The van der Waals surface area contributed by atoms with Gasteiger partial charge in [-0.05, 0) is 61.0 Å². The summed E-state index contributed by atoms with van der Waals surface area (Å²) in [5.41, 5.74) is 1.40. The first-order valence-corrected chi connectivity index (χ1v) is 12.5. The van der Waals surface area contributed by atoms with Gasteiger partial charge in [0.2, 0.25) is 0 Å². The van der Waals surface area contributed by atoms with Crippen molar-refractivity contribution < 1.29 is 19.0 Å². The minimum Gasteiger partial charge on any atom is -0.490 e. The van der Waals surface area contributed by atoms with Crippen LogP contribution in [0.15, 0.2) is 47.4 Å². The smallest absolute Gasteiger partial charge is 0.147 e. The van der Waals surface area contributed by atoms with Crippen LogP contribution < -0.4 is 9.04 Å². The molecule has 2 aromatic rings. The van der Waals surface area contributed by atoms with Crippen LogP contribution in [0.2, 0.25) is 0 Å². The fourth-order valence-corrected chi connectivity index (χ4v) is 5.37. The second kappa shape index (κ2) is 11.9. The monoisotopic (exact) mass is 461 g/mol. The number of hydrogen-bond donors (Lipinski definition) is 1. The summed E-state index contributed by atoms with van der Waals surface area (Å²) in [7, 11) is 0. The number of benzene rings is 2. The van der Waals surface area contributed by atoms with E-state index in [1.807, 2.05) is 42.4 Å². The predicted octanol–water partition coefficient (Wildman–Crippen LogP) is 6.63. The first-order valence-electron chi connectivity index (χ1n) is 11.8. The molecule has 0 saturated carbocycles. The second-order valence-corrected chi connectivity index (χ2v) is 9.65. The van der Waals surface area contributed by atoms with Gasteiger partial charge in [0, 0.05) is 42.6 Å². The molecule has 4 rings (SSSR count). The Morgan fingerprint density at radius 3 is 2.53 bits per heavy atom. The standard InChI is InChI=1S/C24H30FNO3S.C2H6/c1-16(2)15-26(21-6-4-3-5-20(21)25)30-18-7-8-23-19(13-18)22(27)14-24(29-23)17-9-11-28-12-10-17;1-2/h3-8,13,16-17,22,24,27H,9-12,14-15H2,1-2H3;1-2H3. The molecule has 2 aromatic carbocycles. The summed E-state index contributed by atoms with van der Waals surface area (Å²) in [4.78, 5) is 0.963. The maximum atomic E-state index is 14.4. The molecule has 2 atom stereocenters. The van der Waals surface area contributed by atoms with Crippen LogP contribution in [0.4, 0.5) is 10.1 Å². The first kappa shape index (κ1) is 24.9. The van der Waals surface area contributed by atoms with E-state index in [1.165, 1.54) is 18.0 Å². The summed E-state index contributed by atoms with van der Waals surface area (Å²) in [5.74, 6) is 1.34. The quantitative estimate of drug-likeness (QED) is 0.489. The molecule has 2 unspecified atom stereocenters. The highest BCUT2D eigenvalue weighted by atomic mass is 32.2. The van der Waals surface area contributed by atoms with Gasteiger partial charge in [0.25, 0.3) is 0 Å². The van der Waals surface area contributed by atoms with E-state index in [-0.39, 0.29) is 11.9 Å². The van der Waals surface area contributed by atoms with Crippen LogP contribution in [0.3, 0.4) is 0 Å². The van der Waals surface area contributed by atoms with Gasteiger partial charge in [-0.1, -0.05) is 39.8 Å². The summed E-state index contributed by atoms with van der Waals surface area (Å²) >= 11 is 1.50. The summed E-state index contributed by atoms with van der Waals surface area (Å²) < 4.78 is 28.1. The van der Waals surface area contributed by atoms with Crippen LogP contribution in [0.5, 0.6) is 5.75 Å². The number of nitrogens with zero attached hydrogens (tertiary/aromatic N) is 1. The SMILES string of the molecule is CC.CC(C)CN(Sc1ccc2c(c1)C(O)CC(C1CCOCC1)O2)c1ccccc1F. The van der Waals surface area contributed by atoms with Gasteiger partial charge in [-0.15, -0.1) is 0 Å². The zero-order valence-corrected chi connectivity index (χ0v) is 20.4. The minimum atomic E-state index is -0.547. The number of fused-ring (bicyclic) bond motifs is 1. The number of rotatable bonds is 6. The lowest BCUT2D eigenvalue weighted by molar-refractivity contribution is -0.0151. The Hall–Kier alpha value is -1.76. The Balaban J connectivity index is 0.00000141. The molecule has 0 amide bonds. The lowest BCUT2D eigenvalue weighted by atomic mass is 9.87. The molecule has 1 N–H and O–H groups in total. The molecule has 2 heterocycles. The molecule has 176 valence electrons. The van der Waals surface area contributed by atoms with Crippen molar-refractivity contribution in [3.63, 3.8) is 0 Å². The van der Waals surface area contributed by atoms with E-state index < -0.39 is 6.10 Å². The van der Waals surface area contributed by atoms with E-state index in [4.69, 9.17) is 9.47 Å². The Kier molecular flexibility index (Phi) is 9.26. The van der Waals surface area contributed by atoms with E-state index in [0.29, 0.717) is 30.5 Å². The number of aliphatic hydroxyl groups excluding tert-OH is 1. The third kappa shape index (κ3) is 6.18. The number of para-hydroxylation sites is 1. The number of halogens is 1. The minimum absolute atomic E-state index is 0.0331. The molecule has 2 aliphatic heterocycles. The van der Waals surface area contributed by atoms with Crippen molar-refractivity contribution in [2.75, 3.05) is 24.1 Å². The molecular formula is C26H36FNO3S. The summed E-state index contributed by atoms with van der Waals surface area (Å²) in [6.45, 7) is 10.5. The van der Waals surface area contributed by atoms with E-state index in [2.05, 4.69) is 13.8 Å².